The Kier molecular flexibility index (Phi) is 3.55. The number of rotatable bonds is 1. The van der Waals surface area contributed by atoms with Crippen LogP contribution in [0.3, 0.4) is 0 Å². The smallest absolute Gasteiger partial charge is 0.342 e. The van der Waals surface area contributed by atoms with E-state index in [0.717, 1.165) is 16.6 Å². The van der Waals surface area contributed by atoms with Crippen LogP contribution >= 0.6 is 11.6 Å². The predicted molar refractivity (Wildman–Crippen MR) is 105 cm³/mol. The number of halogens is 2. The molecule has 1 unspecified atom stereocenters. The van der Waals surface area contributed by atoms with Crippen LogP contribution in [0.5, 0.6) is 0 Å². The largest absolute Gasteiger partial charge is 0.422 e. The highest BCUT2D eigenvalue weighted by atomic mass is 35.5. The molecule has 0 saturated heterocycles. The molecular formula is C22H13ClFNO2. The molecule has 1 N–H and O–H groups in total. The maximum absolute atomic E-state index is 14.0. The van der Waals surface area contributed by atoms with Crippen LogP contribution in [-0.2, 0) is 0 Å². The van der Waals surface area contributed by atoms with Crippen molar-refractivity contribution in [1.82, 2.24) is 0 Å². The van der Waals surface area contributed by atoms with Gasteiger partial charge in [0.15, 0.2) is 0 Å². The van der Waals surface area contributed by atoms with Crippen LogP contribution in [0.25, 0.3) is 11.0 Å². The van der Waals surface area contributed by atoms with Gasteiger partial charge in [0.25, 0.3) is 0 Å². The molecule has 0 radical (unpaired) electrons. The van der Waals surface area contributed by atoms with E-state index in [9.17, 15) is 9.18 Å². The Morgan fingerprint density at radius 3 is 2.70 bits per heavy atom. The minimum atomic E-state index is -0.480. The van der Waals surface area contributed by atoms with Crippen molar-refractivity contribution >= 4 is 33.9 Å². The third-order valence-electron chi connectivity index (χ3n) is 4.90. The zero-order valence-corrected chi connectivity index (χ0v) is 14.8. The zero-order chi connectivity index (χ0) is 18.5. The fraction of sp³-hybridized carbons (Fsp3) is 0.0455. The molecule has 27 heavy (non-hydrogen) atoms. The van der Waals surface area contributed by atoms with Gasteiger partial charge in [-0.3, -0.25) is 0 Å². The van der Waals surface area contributed by atoms with Crippen molar-refractivity contribution in [2.24, 2.45) is 0 Å². The van der Waals surface area contributed by atoms with E-state index in [1.165, 1.54) is 12.1 Å². The van der Waals surface area contributed by atoms with Crippen LogP contribution in [0, 0.1) is 5.82 Å². The third kappa shape index (κ3) is 2.53. The van der Waals surface area contributed by atoms with Gasteiger partial charge in [0.2, 0.25) is 0 Å². The van der Waals surface area contributed by atoms with Gasteiger partial charge in [-0.05, 0) is 53.6 Å². The van der Waals surface area contributed by atoms with Gasteiger partial charge in [-0.2, -0.15) is 0 Å². The molecule has 3 nitrogen and oxygen atoms in total. The van der Waals surface area contributed by atoms with Crippen LogP contribution in [-0.4, -0.2) is 0 Å². The minimum absolute atomic E-state index is 0.365. The highest BCUT2D eigenvalue weighted by Gasteiger charge is 2.32. The SMILES string of the molecule is O=c1oc2ccccc2c2c1C(c1cccc(Cl)c1)c1cc(F)ccc1N2. The Hall–Kier alpha value is -3.11. The molecule has 0 spiro atoms. The molecule has 132 valence electrons. The third-order valence-corrected chi connectivity index (χ3v) is 5.14. The van der Waals surface area contributed by atoms with E-state index in [1.807, 2.05) is 30.3 Å². The van der Waals surface area contributed by atoms with Gasteiger partial charge in [-0.1, -0.05) is 35.9 Å². The molecule has 0 aliphatic carbocycles. The maximum Gasteiger partial charge on any atom is 0.342 e. The van der Waals surface area contributed by atoms with E-state index >= 15 is 0 Å². The summed E-state index contributed by atoms with van der Waals surface area (Å²) in [5, 5.41) is 4.66. The summed E-state index contributed by atoms with van der Waals surface area (Å²) in [6.07, 6.45) is 0. The van der Waals surface area contributed by atoms with Gasteiger partial charge >= 0.3 is 5.63 Å². The van der Waals surface area contributed by atoms with Crippen LogP contribution < -0.4 is 10.9 Å². The lowest BCUT2D eigenvalue weighted by atomic mass is 9.81. The van der Waals surface area contributed by atoms with Crippen molar-refractivity contribution in [2.45, 2.75) is 5.92 Å². The summed E-state index contributed by atoms with van der Waals surface area (Å²) in [7, 11) is 0. The highest BCUT2D eigenvalue weighted by molar-refractivity contribution is 6.30. The van der Waals surface area contributed by atoms with E-state index in [-0.39, 0.29) is 5.82 Å². The molecule has 0 fully saturated rings. The topological polar surface area (TPSA) is 42.2 Å². The fourth-order valence-electron chi connectivity index (χ4n) is 3.77. The molecule has 2 heterocycles. The molecule has 0 amide bonds. The quantitative estimate of drug-likeness (QED) is 0.374. The molecule has 4 aromatic rings. The minimum Gasteiger partial charge on any atom is -0.422 e. The van der Waals surface area contributed by atoms with Crippen molar-refractivity contribution in [3.63, 3.8) is 0 Å². The second-order valence-electron chi connectivity index (χ2n) is 6.52. The van der Waals surface area contributed by atoms with Crippen molar-refractivity contribution in [1.29, 1.82) is 0 Å². The average molecular weight is 378 g/mol. The molecular weight excluding hydrogens is 365 g/mol. The Morgan fingerprint density at radius 2 is 1.85 bits per heavy atom. The summed E-state index contributed by atoms with van der Waals surface area (Å²) in [5.74, 6) is -0.845. The van der Waals surface area contributed by atoms with E-state index in [1.54, 1.807) is 24.3 Å². The maximum atomic E-state index is 14.0. The van der Waals surface area contributed by atoms with Gasteiger partial charge in [0.1, 0.15) is 11.4 Å². The molecule has 1 aromatic heterocycles. The summed E-state index contributed by atoms with van der Waals surface area (Å²) in [5.41, 5.74) is 3.43. The van der Waals surface area contributed by atoms with E-state index in [2.05, 4.69) is 5.32 Å². The number of benzene rings is 3. The molecule has 1 aliphatic heterocycles. The van der Waals surface area contributed by atoms with Crippen molar-refractivity contribution in [3.05, 3.63) is 105 Å². The molecule has 5 rings (SSSR count). The number of hydrogen-bond donors (Lipinski definition) is 1. The summed E-state index contributed by atoms with van der Waals surface area (Å²) >= 11 is 6.19. The lowest BCUT2D eigenvalue weighted by Gasteiger charge is -2.29. The first-order chi connectivity index (χ1) is 13.1. The van der Waals surface area contributed by atoms with Crippen LogP contribution in [0.15, 0.2) is 75.9 Å². The summed E-state index contributed by atoms with van der Waals surface area (Å²) in [4.78, 5) is 12.9. The Labute approximate surface area is 159 Å². The Bertz CT molecular complexity index is 1260. The number of fused-ring (bicyclic) bond motifs is 4. The lowest BCUT2D eigenvalue weighted by molar-refractivity contribution is 0.548. The second kappa shape index (κ2) is 5.96. The molecule has 1 atom stereocenters. The average Bonchev–Trinajstić information content (AvgIpc) is 2.66. The first-order valence-corrected chi connectivity index (χ1v) is 8.87. The Morgan fingerprint density at radius 1 is 1.00 bits per heavy atom. The summed E-state index contributed by atoms with van der Waals surface area (Å²) in [6.45, 7) is 0. The predicted octanol–water partition coefficient (Wildman–Crippen LogP) is 5.82. The van der Waals surface area contributed by atoms with Crippen LogP contribution in [0.2, 0.25) is 5.02 Å². The normalized spacial score (nSPS) is 15.1. The fourth-order valence-corrected chi connectivity index (χ4v) is 3.97. The van der Waals surface area contributed by atoms with Crippen molar-refractivity contribution < 1.29 is 8.81 Å². The van der Waals surface area contributed by atoms with Crippen molar-refractivity contribution in [3.8, 4) is 0 Å². The van der Waals surface area contributed by atoms with E-state index in [4.69, 9.17) is 16.0 Å². The number of hydrogen-bond acceptors (Lipinski definition) is 3. The monoisotopic (exact) mass is 377 g/mol. The van der Waals surface area contributed by atoms with E-state index in [0.29, 0.717) is 27.4 Å². The van der Waals surface area contributed by atoms with Gasteiger partial charge in [-0.15, -0.1) is 0 Å². The summed E-state index contributed by atoms with van der Waals surface area (Å²) < 4.78 is 19.6. The second-order valence-corrected chi connectivity index (χ2v) is 6.96. The molecule has 3 aromatic carbocycles. The van der Waals surface area contributed by atoms with Gasteiger partial charge < -0.3 is 9.73 Å². The lowest BCUT2D eigenvalue weighted by Crippen LogP contribution is -2.22. The Balaban J connectivity index is 1.89. The highest BCUT2D eigenvalue weighted by Crippen LogP contribution is 2.46. The molecule has 0 bridgehead atoms. The van der Waals surface area contributed by atoms with Crippen molar-refractivity contribution in [2.75, 3.05) is 5.32 Å². The first kappa shape index (κ1) is 16.1. The number of para-hydroxylation sites is 1. The standard InChI is InChI=1S/C22H13ClFNO2/c23-13-5-3-4-12(10-13)19-16-11-14(24)8-9-17(16)25-21-15-6-1-2-7-18(15)27-22(26)20(19)21/h1-11,19,25H. The molecule has 1 aliphatic rings. The molecule has 0 saturated carbocycles. The van der Waals surface area contributed by atoms with Gasteiger partial charge in [0, 0.05) is 22.0 Å². The van der Waals surface area contributed by atoms with Gasteiger partial charge in [0.05, 0.1) is 11.3 Å². The van der Waals surface area contributed by atoms with Gasteiger partial charge in [-0.25, -0.2) is 9.18 Å². The molecule has 5 heteroatoms. The zero-order valence-electron chi connectivity index (χ0n) is 14.0. The first-order valence-electron chi connectivity index (χ1n) is 8.49. The number of anilines is 2. The van der Waals surface area contributed by atoms with E-state index < -0.39 is 11.5 Å². The van der Waals surface area contributed by atoms with Crippen LogP contribution in [0.4, 0.5) is 15.8 Å². The number of nitrogens with one attached hydrogen (secondary N) is 1. The summed E-state index contributed by atoms with van der Waals surface area (Å²) in [6, 6.07) is 19.2. The van der Waals surface area contributed by atoms with Crippen LogP contribution in [0.1, 0.15) is 22.6 Å².